The molecule has 0 aromatic heterocycles. The van der Waals surface area contributed by atoms with Crippen molar-refractivity contribution in [1.29, 1.82) is 0 Å². The Morgan fingerprint density at radius 2 is 1.93 bits per heavy atom. The van der Waals surface area contributed by atoms with Crippen LogP contribution in [0.3, 0.4) is 0 Å². The summed E-state index contributed by atoms with van der Waals surface area (Å²) in [6.07, 6.45) is 10.2. The highest BCUT2D eigenvalue weighted by Crippen LogP contribution is 2.64. The van der Waals surface area contributed by atoms with Crippen LogP contribution in [0.2, 0.25) is 0 Å². The minimum atomic E-state index is -0.370. The first-order chi connectivity index (χ1) is 14.0. The van der Waals surface area contributed by atoms with Crippen LogP contribution in [0.1, 0.15) is 82.0 Å². The van der Waals surface area contributed by atoms with Crippen molar-refractivity contribution >= 4 is 5.78 Å². The second-order valence-corrected chi connectivity index (χ2v) is 10.2. The molecule has 1 aromatic rings. The Bertz CT molecular complexity index is 731. The smallest absolute Gasteiger partial charge is 0.169 e. The zero-order valence-electron chi connectivity index (χ0n) is 18.1. The van der Waals surface area contributed by atoms with Gasteiger partial charge in [-0.3, -0.25) is 4.79 Å². The van der Waals surface area contributed by atoms with Crippen molar-refractivity contribution in [3.05, 3.63) is 35.6 Å². The first-order valence-electron chi connectivity index (χ1n) is 11.9. The molecule has 0 aliphatic heterocycles. The number of carbonyl (C=O) groups is 1. The average Bonchev–Trinajstić information content (AvgIpc) is 3.09. The monoisotopic (exact) mass is 400 g/mol. The zero-order chi connectivity index (χ0) is 20.6. The van der Waals surface area contributed by atoms with Crippen molar-refractivity contribution in [2.45, 2.75) is 71.6 Å². The van der Waals surface area contributed by atoms with Gasteiger partial charge in [0.2, 0.25) is 0 Å². The molecule has 0 unspecified atom stereocenters. The normalized spacial score (nSPS) is 39.0. The lowest BCUT2D eigenvalue weighted by Crippen LogP contribution is -2.48. The van der Waals surface area contributed by atoms with Crippen LogP contribution in [0.15, 0.2) is 24.3 Å². The first-order valence-corrected chi connectivity index (χ1v) is 11.9. The van der Waals surface area contributed by atoms with E-state index in [0.717, 1.165) is 49.9 Å². The molecule has 3 aliphatic rings. The van der Waals surface area contributed by atoms with E-state index in [1.807, 2.05) is 0 Å². The van der Waals surface area contributed by atoms with E-state index in [-0.39, 0.29) is 28.5 Å². The van der Waals surface area contributed by atoms with E-state index in [2.05, 4.69) is 13.8 Å². The fourth-order valence-electron chi connectivity index (χ4n) is 7.80. The van der Waals surface area contributed by atoms with Crippen molar-refractivity contribution in [2.75, 3.05) is 6.61 Å². The summed E-state index contributed by atoms with van der Waals surface area (Å²) in [5.41, 5.74) is 0.304. The second-order valence-electron chi connectivity index (χ2n) is 10.2. The fraction of sp³-hybridized carbons (Fsp3) is 0.731. The maximum atomic E-state index is 14.3. The number of ketones is 1. The molecular formula is C26H37FO2. The van der Waals surface area contributed by atoms with E-state index in [0.29, 0.717) is 18.4 Å². The van der Waals surface area contributed by atoms with E-state index in [9.17, 15) is 14.3 Å². The number of Topliss-reactive ketones (excluding diaryl/α,β-unsaturated/α-hetero) is 1. The van der Waals surface area contributed by atoms with E-state index in [1.165, 1.54) is 31.7 Å². The van der Waals surface area contributed by atoms with Crippen molar-refractivity contribution < 1.29 is 14.3 Å². The summed E-state index contributed by atoms with van der Waals surface area (Å²) < 4.78 is 14.3. The number of aliphatic hydroxyl groups excluding tert-OH is 1. The predicted molar refractivity (Wildman–Crippen MR) is 114 cm³/mol. The van der Waals surface area contributed by atoms with Gasteiger partial charge in [0.1, 0.15) is 5.82 Å². The van der Waals surface area contributed by atoms with Crippen molar-refractivity contribution in [2.24, 2.45) is 40.9 Å². The molecule has 160 valence electrons. The molecule has 3 heteroatoms. The van der Waals surface area contributed by atoms with E-state index in [1.54, 1.807) is 18.2 Å². The van der Waals surface area contributed by atoms with Gasteiger partial charge in [-0.1, -0.05) is 32.4 Å². The van der Waals surface area contributed by atoms with E-state index < -0.39 is 0 Å². The van der Waals surface area contributed by atoms with Gasteiger partial charge in [-0.25, -0.2) is 4.39 Å². The minimum Gasteiger partial charge on any atom is -0.396 e. The summed E-state index contributed by atoms with van der Waals surface area (Å²) in [6.45, 7) is 4.95. The fourth-order valence-corrected chi connectivity index (χ4v) is 7.80. The van der Waals surface area contributed by atoms with Crippen molar-refractivity contribution in [1.82, 2.24) is 0 Å². The Labute approximate surface area is 175 Å². The van der Waals surface area contributed by atoms with Crippen LogP contribution in [-0.4, -0.2) is 17.5 Å². The number of fused-ring (bicyclic) bond motifs is 3. The predicted octanol–water partition coefficient (Wildman–Crippen LogP) is 6.28. The largest absolute Gasteiger partial charge is 0.396 e. The average molecular weight is 401 g/mol. The van der Waals surface area contributed by atoms with Gasteiger partial charge in [0.05, 0.1) is 5.56 Å². The van der Waals surface area contributed by atoms with Crippen molar-refractivity contribution in [3.63, 3.8) is 0 Å². The summed E-state index contributed by atoms with van der Waals surface area (Å²) in [6, 6.07) is 6.52. The van der Waals surface area contributed by atoms with Crippen LogP contribution in [0, 0.1) is 46.7 Å². The number of hydrogen-bond donors (Lipinski definition) is 1. The minimum absolute atomic E-state index is 0.0150. The summed E-state index contributed by atoms with van der Waals surface area (Å²) in [4.78, 5) is 13.3. The topological polar surface area (TPSA) is 37.3 Å². The van der Waals surface area contributed by atoms with Crippen LogP contribution in [0.25, 0.3) is 0 Å². The molecule has 29 heavy (non-hydrogen) atoms. The maximum absolute atomic E-state index is 14.3. The van der Waals surface area contributed by atoms with Crippen molar-refractivity contribution in [3.8, 4) is 0 Å². The van der Waals surface area contributed by atoms with Gasteiger partial charge >= 0.3 is 0 Å². The molecular weight excluding hydrogens is 363 g/mol. The van der Waals surface area contributed by atoms with Gasteiger partial charge in [-0.15, -0.1) is 0 Å². The Hall–Kier alpha value is -1.22. The highest BCUT2D eigenvalue weighted by molar-refractivity contribution is 5.98. The quantitative estimate of drug-likeness (QED) is 0.571. The third kappa shape index (κ3) is 3.58. The molecule has 1 N–H and O–H groups in total. The number of rotatable bonds is 6. The Kier molecular flexibility index (Phi) is 6.16. The molecule has 0 spiro atoms. The van der Waals surface area contributed by atoms with Crippen LogP contribution in [-0.2, 0) is 0 Å². The Balaban J connectivity index is 1.56. The molecule has 0 bridgehead atoms. The van der Waals surface area contributed by atoms with Crippen LogP contribution in [0.5, 0.6) is 0 Å². The van der Waals surface area contributed by atoms with Crippen LogP contribution in [0.4, 0.5) is 4.39 Å². The molecule has 0 radical (unpaired) electrons. The lowest BCUT2D eigenvalue weighted by molar-refractivity contribution is -0.0517. The molecule has 4 rings (SSSR count). The van der Waals surface area contributed by atoms with E-state index >= 15 is 0 Å². The Morgan fingerprint density at radius 3 is 2.66 bits per heavy atom. The maximum Gasteiger partial charge on any atom is 0.169 e. The van der Waals surface area contributed by atoms with Gasteiger partial charge in [-0.05, 0) is 98.5 Å². The number of carbonyl (C=O) groups excluding carboxylic acids is 1. The van der Waals surface area contributed by atoms with Gasteiger partial charge < -0.3 is 5.11 Å². The highest BCUT2D eigenvalue weighted by Gasteiger charge is 2.57. The van der Waals surface area contributed by atoms with Gasteiger partial charge in [0.25, 0.3) is 0 Å². The molecule has 2 nitrogen and oxygen atoms in total. The van der Waals surface area contributed by atoms with E-state index in [4.69, 9.17) is 0 Å². The molecule has 7 atom stereocenters. The molecule has 0 amide bonds. The number of benzene rings is 1. The van der Waals surface area contributed by atoms with Gasteiger partial charge in [0.15, 0.2) is 5.78 Å². The summed E-state index contributed by atoms with van der Waals surface area (Å²) >= 11 is 0. The molecule has 0 heterocycles. The highest BCUT2D eigenvalue weighted by atomic mass is 19.1. The second kappa shape index (κ2) is 8.49. The summed E-state index contributed by atoms with van der Waals surface area (Å²) in [5, 5.41) is 9.40. The molecule has 1 aromatic carbocycles. The number of aliphatic hydroxyl groups is 1. The Morgan fingerprint density at radius 1 is 1.14 bits per heavy atom. The summed E-state index contributed by atoms with van der Waals surface area (Å²) in [7, 11) is 0. The molecule has 3 saturated carbocycles. The third-order valence-electron chi connectivity index (χ3n) is 9.19. The van der Waals surface area contributed by atoms with Gasteiger partial charge in [-0.2, -0.15) is 0 Å². The van der Waals surface area contributed by atoms with Crippen LogP contribution >= 0.6 is 0 Å². The third-order valence-corrected chi connectivity index (χ3v) is 9.19. The lowest BCUT2D eigenvalue weighted by atomic mass is 9.50. The SMILES string of the molecule is CC[C@H]1CC[C@@H]2[C@H](CC[C@]3(C)[C@@H](C(=O)c4ccccc4F)CC[C@@H]23)[C@H]1CCCO. The molecule has 3 fully saturated rings. The van der Waals surface area contributed by atoms with Gasteiger partial charge in [0, 0.05) is 12.5 Å². The zero-order valence-corrected chi connectivity index (χ0v) is 18.1. The number of halogens is 1. The summed E-state index contributed by atoms with van der Waals surface area (Å²) in [5.74, 6) is 3.21. The standard InChI is InChI=1S/C26H37FO2/c1-3-17-10-11-20-19(18(17)8-6-16-28)14-15-26(2)22(20)12-13-23(26)25(29)21-7-4-5-9-24(21)27/h4-5,7,9,17-20,22-23,28H,3,6,8,10-16H2,1-2H3/t17-,18-,19+,20+,22-,23+,26-/m0/s1. The molecule has 3 aliphatic carbocycles. The first kappa shape index (κ1) is 21.0. The molecule has 0 saturated heterocycles. The lowest BCUT2D eigenvalue weighted by Gasteiger charge is -2.54. The van der Waals surface area contributed by atoms with Crippen LogP contribution < -0.4 is 0 Å². The number of hydrogen-bond acceptors (Lipinski definition) is 2.